The Kier molecular flexibility index (Phi) is 4.12. The predicted octanol–water partition coefficient (Wildman–Crippen LogP) is 4.88. The Morgan fingerprint density at radius 1 is 0.875 bits per heavy atom. The van der Waals surface area contributed by atoms with Gasteiger partial charge in [0.25, 0.3) is 0 Å². The lowest BCUT2D eigenvalue weighted by atomic mass is 10.0. The van der Waals surface area contributed by atoms with Crippen LogP contribution < -0.4 is 9.80 Å². The van der Waals surface area contributed by atoms with E-state index in [4.69, 9.17) is 5.41 Å². The van der Waals surface area contributed by atoms with Crippen molar-refractivity contribution in [1.29, 1.82) is 5.41 Å². The molecule has 0 spiro atoms. The van der Waals surface area contributed by atoms with E-state index in [-0.39, 0.29) is 6.04 Å². The van der Waals surface area contributed by atoms with Gasteiger partial charge in [-0.2, -0.15) is 0 Å². The van der Waals surface area contributed by atoms with Crippen LogP contribution in [0.2, 0.25) is 0 Å². The Hall–Kier alpha value is -2.29. The van der Waals surface area contributed by atoms with Gasteiger partial charge in [-0.1, -0.05) is 35.9 Å². The molecule has 1 saturated heterocycles. The van der Waals surface area contributed by atoms with Crippen LogP contribution in [-0.2, 0) is 0 Å². The number of hydrogen-bond donors (Lipinski definition) is 1. The molecule has 1 aliphatic heterocycles. The standard InChI is InChI=1S/C21H27N3/c1-13-10-16(4)20(17(5)11-13)24-18(6)12-23(21(24)22)19-14(2)8-7-9-15(19)3/h7-11,18,22H,12H2,1-6H3. The van der Waals surface area contributed by atoms with Crippen molar-refractivity contribution >= 4 is 17.3 Å². The summed E-state index contributed by atoms with van der Waals surface area (Å²) in [5, 5.41) is 8.86. The minimum Gasteiger partial charge on any atom is -0.310 e. The summed E-state index contributed by atoms with van der Waals surface area (Å²) in [6.07, 6.45) is 0. The molecule has 3 heteroatoms. The molecule has 1 unspecified atom stereocenters. The number of guanidine groups is 1. The van der Waals surface area contributed by atoms with E-state index in [1.165, 1.54) is 39.2 Å². The second-order valence-electron chi connectivity index (χ2n) is 7.14. The third-order valence-electron chi connectivity index (χ3n) is 4.96. The molecule has 3 nitrogen and oxygen atoms in total. The van der Waals surface area contributed by atoms with Crippen molar-refractivity contribution in [2.45, 2.75) is 47.6 Å². The van der Waals surface area contributed by atoms with Crippen molar-refractivity contribution in [2.24, 2.45) is 0 Å². The Bertz CT molecular complexity index is 763. The van der Waals surface area contributed by atoms with Crippen LogP contribution in [0.3, 0.4) is 0 Å². The zero-order valence-electron chi connectivity index (χ0n) is 15.6. The van der Waals surface area contributed by atoms with Crippen molar-refractivity contribution < 1.29 is 0 Å². The maximum atomic E-state index is 8.86. The number of rotatable bonds is 2. The van der Waals surface area contributed by atoms with Crippen molar-refractivity contribution in [2.75, 3.05) is 16.3 Å². The van der Waals surface area contributed by atoms with Gasteiger partial charge in [0, 0.05) is 17.9 Å². The van der Waals surface area contributed by atoms with E-state index in [1.54, 1.807) is 0 Å². The fourth-order valence-corrected chi connectivity index (χ4v) is 4.08. The van der Waals surface area contributed by atoms with Crippen LogP contribution in [0.4, 0.5) is 11.4 Å². The normalized spacial score (nSPS) is 17.8. The van der Waals surface area contributed by atoms with Gasteiger partial charge in [-0.05, 0) is 63.8 Å². The van der Waals surface area contributed by atoms with Gasteiger partial charge in [0.2, 0.25) is 5.96 Å². The summed E-state index contributed by atoms with van der Waals surface area (Å²) in [5.41, 5.74) is 8.59. The Labute approximate surface area is 145 Å². The second kappa shape index (κ2) is 5.97. The van der Waals surface area contributed by atoms with Crippen LogP contribution in [0.5, 0.6) is 0 Å². The first-order valence-corrected chi connectivity index (χ1v) is 8.60. The van der Waals surface area contributed by atoms with Crippen molar-refractivity contribution in [3.05, 3.63) is 58.1 Å². The van der Waals surface area contributed by atoms with E-state index in [0.717, 1.165) is 6.54 Å². The average Bonchev–Trinajstić information content (AvgIpc) is 2.74. The lowest BCUT2D eigenvalue weighted by Crippen LogP contribution is -2.36. The molecule has 2 aromatic rings. The number of aryl methyl sites for hydroxylation is 5. The molecule has 1 aliphatic rings. The van der Waals surface area contributed by atoms with E-state index < -0.39 is 0 Å². The number of para-hydroxylation sites is 1. The molecule has 1 N–H and O–H groups in total. The summed E-state index contributed by atoms with van der Waals surface area (Å²) >= 11 is 0. The smallest absolute Gasteiger partial charge is 0.203 e. The third kappa shape index (κ3) is 2.58. The lowest BCUT2D eigenvalue weighted by Gasteiger charge is -2.28. The van der Waals surface area contributed by atoms with Crippen LogP contribution in [0.1, 0.15) is 34.7 Å². The number of hydrogen-bond acceptors (Lipinski definition) is 1. The maximum absolute atomic E-state index is 8.86. The molecule has 0 aromatic heterocycles. The topological polar surface area (TPSA) is 30.3 Å². The van der Waals surface area contributed by atoms with Crippen LogP contribution in [-0.4, -0.2) is 18.5 Å². The highest BCUT2D eigenvalue weighted by Crippen LogP contribution is 2.35. The largest absolute Gasteiger partial charge is 0.310 e. The lowest BCUT2D eigenvalue weighted by molar-refractivity contribution is 0.788. The monoisotopic (exact) mass is 321 g/mol. The van der Waals surface area contributed by atoms with E-state index >= 15 is 0 Å². The number of anilines is 2. The molecule has 24 heavy (non-hydrogen) atoms. The summed E-state index contributed by atoms with van der Waals surface area (Å²) in [6.45, 7) is 13.7. The SMILES string of the molecule is Cc1cc(C)c(N2C(=N)N(c3c(C)cccc3C)CC2C)c(C)c1. The van der Waals surface area contributed by atoms with Gasteiger partial charge >= 0.3 is 0 Å². The molecular weight excluding hydrogens is 294 g/mol. The molecule has 0 saturated carbocycles. The van der Waals surface area contributed by atoms with Crippen molar-refractivity contribution in [1.82, 2.24) is 0 Å². The van der Waals surface area contributed by atoms with Crippen LogP contribution in [0.15, 0.2) is 30.3 Å². The quantitative estimate of drug-likeness (QED) is 0.854. The molecule has 1 fully saturated rings. The average molecular weight is 321 g/mol. The van der Waals surface area contributed by atoms with E-state index in [2.05, 4.69) is 81.7 Å². The molecule has 2 aromatic carbocycles. The highest BCUT2D eigenvalue weighted by Gasteiger charge is 2.36. The van der Waals surface area contributed by atoms with Crippen LogP contribution >= 0.6 is 0 Å². The first-order valence-electron chi connectivity index (χ1n) is 8.60. The number of nitrogens with one attached hydrogen (secondary N) is 1. The molecule has 3 rings (SSSR count). The molecule has 0 aliphatic carbocycles. The van der Waals surface area contributed by atoms with Gasteiger partial charge in [-0.15, -0.1) is 0 Å². The zero-order valence-corrected chi connectivity index (χ0v) is 15.6. The fraction of sp³-hybridized carbons (Fsp3) is 0.381. The van der Waals surface area contributed by atoms with E-state index in [9.17, 15) is 0 Å². The summed E-state index contributed by atoms with van der Waals surface area (Å²) in [5.74, 6) is 0.579. The fourth-order valence-electron chi connectivity index (χ4n) is 4.08. The summed E-state index contributed by atoms with van der Waals surface area (Å²) in [7, 11) is 0. The first kappa shape index (κ1) is 16.6. The minimum absolute atomic E-state index is 0.275. The maximum Gasteiger partial charge on any atom is 0.203 e. The summed E-state index contributed by atoms with van der Waals surface area (Å²) in [4.78, 5) is 4.35. The Morgan fingerprint density at radius 3 is 1.96 bits per heavy atom. The first-order chi connectivity index (χ1) is 11.3. The molecule has 126 valence electrons. The second-order valence-corrected chi connectivity index (χ2v) is 7.14. The van der Waals surface area contributed by atoms with Gasteiger partial charge in [-0.3, -0.25) is 5.41 Å². The van der Waals surface area contributed by atoms with E-state index in [1.807, 2.05) is 0 Å². The van der Waals surface area contributed by atoms with Gasteiger partial charge in [0.05, 0.1) is 6.04 Å². The van der Waals surface area contributed by atoms with Crippen LogP contribution in [0.25, 0.3) is 0 Å². The number of benzene rings is 2. The van der Waals surface area contributed by atoms with Crippen LogP contribution in [0, 0.1) is 40.0 Å². The van der Waals surface area contributed by atoms with Gasteiger partial charge in [0.15, 0.2) is 0 Å². The number of nitrogens with zero attached hydrogens (tertiary/aromatic N) is 2. The van der Waals surface area contributed by atoms with Gasteiger partial charge < -0.3 is 9.80 Å². The molecule has 1 atom stereocenters. The molecule has 0 bridgehead atoms. The summed E-state index contributed by atoms with van der Waals surface area (Å²) in [6, 6.07) is 11.0. The van der Waals surface area contributed by atoms with Crippen molar-refractivity contribution in [3.8, 4) is 0 Å². The van der Waals surface area contributed by atoms with Crippen molar-refractivity contribution in [3.63, 3.8) is 0 Å². The predicted molar refractivity (Wildman–Crippen MR) is 104 cm³/mol. The third-order valence-corrected chi connectivity index (χ3v) is 4.96. The van der Waals surface area contributed by atoms with Gasteiger partial charge in [0.1, 0.15) is 0 Å². The Morgan fingerprint density at radius 2 is 1.42 bits per heavy atom. The zero-order chi connectivity index (χ0) is 17.6. The molecule has 1 heterocycles. The van der Waals surface area contributed by atoms with E-state index in [0.29, 0.717) is 5.96 Å². The Balaban J connectivity index is 2.06. The molecule has 0 radical (unpaired) electrons. The van der Waals surface area contributed by atoms with Gasteiger partial charge in [-0.25, -0.2) is 0 Å². The highest BCUT2D eigenvalue weighted by atomic mass is 15.4. The summed E-state index contributed by atoms with van der Waals surface area (Å²) < 4.78 is 0. The molecular formula is C21H27N3. The molecule has 0 amide bonds. The highest BCUT2D eigenvalue weighted by molar-refractivity contribution is 6.09. The minimum atomic E-state index is 0.275.